The van der Waals surface area contributed by atoms with Gasteiger partial charge in [-0.1, -0.05) is 56.2 Å². The summed E-state index contributed by atoms with van der Waals surface area (Å²) in [4.78, 5) is 53.1. The van der Waals surface area contributed by atoms with Gasteiger partial charge in [-0.05, 0) is 55.5 Å². The van der Waals surface area contributed by atoms with Gasteiger partial charge < -0.3 is 14.2 Å². The van der Waals surface area contributed by atoms with E-state index in [4.69, 9.17) is 14.2 Å². The zero-order chi connectivity index (χ0) is 26.3. The molecule has 0 spiro atoms. The van der Waals surface area contributed by atoms with Gasteiger partial charge in [0.15, 0.2) is 5.78 Å². The minimum Gasteiger partial charge on any atom is -0.465 e. The Hall–Kier alpha value is -3.74. The summed E-state index contributed by atoms with van der Waals surface area (Å²) in [6, 6.07) is 13.0. The Labute approximate surface area is 211 Å². The topological polar surface area (TPSA) is 96.0 Å². The van der Waals surface area contributed by atoms with Crippen molar-refractivity contribution in [1.82, 2.24) is 0 Å². The zero-order valence-electron chi connectivity index (χ0n) is 21.2. The number of methoxy groups -OCH3 is 1. The second-order valence-corrected chi connectivity index (χ2v) is 8.45. The van der Waals surface area contributed by atoms with Crippen molar-refractivity contribution in [2.75, 3.05) is 20.3 Å². The molecule has 2 aromatic carbocycles. The Morgan fingerprint density at radius 2 is 1.36 bits per heavy atom. The van der Waals surface area contributed by atoms with E-state index in [1.807, 2.05) is 0 Å². The molecule has 0 amide bonds. The average Bonchev–Trinajstić information content (AvgIpc) is 3.19. The van der Waals surface area contributed by atoms with Crippen molar-refractivity contribution in [3.05, 3.63) is 76.4 Å². The number of ketones is 1. The SMILES string of the molecule is CCCCCC1=C(C(=O)c2ccc(C(=O)OC)cc2)c2ccccc2C1(C(=O)OCC)C(=O)OCC. The molecule has 0 unspecified atom stereocenters. The van der Waals surface area contributed by atoms with Gasteiger partial charge in [0.2, 0.25) is 5.41 Å². The largest absolute Gasteiger partial charge is 0.465 e. The molecule has 0 bridgehead atoms. The third-order valence-corrected chi connectivity index (χ3v) is 6.34. The summed E-state index contributed by atoms with van der Waals surface area (Å²) >= 11 is 0. The first-order valence-electron chi connectivity index (χ1n) is 12.3. The van der Waals surface area contributed by atoms with E-state index in [1.165, 1.54) is 19.2 Å². The van der Waals surface area contributed by atoms with Crippen LogP contribution in [-0.2, 0) is 29.2 Å². The molecular weight excluding hydrogens is 460 g/mol. The van der Waals surface area contributed by atoms with Gasteiger partial charge in [0.1, 0.15) is 0 Å². The number of rotatable bonds is 11. The number of esters is 3. The third-order valence-electron chi connectivity index (χ3n) is 6.34. The molecule has 0 aromatic heterocycles. The average molecular weight is 493 g/mol. The molecule has 0 aliphatic heterocycles. The Balaban J connectivity index is 2.29. The molecule has 0 saturated carbocycles. The number of allylic oxidation sites excluding steroid dienone is 1. The first kappa shape index (κ1) is 26.9. The van der Waals surface area contributed by atoms with E-state index in [0.29, 0.717) is 46.2 Å². The highest BCUT2D eigenvalue weighted by Gasteiger charge is 2.59. The molecule has 0 N–H and O–H groups in total. The number of hydrogen-bond donors (Lipinski definition) is 0. The molecule has 3 rings (SSSR count). The van der Waals surface area contributed by atoms with Crippen LogP contribution in [0.1, 0.15) is 78.3 Å². The first-order valence-corrected chi connectivity index (χ1v) is 12.3. The van der Waals surface area contributed by atoms with Gasteiger partial charge >= 0.3 is 17.9 Å². The maximum Gasteiger partial charge on any atom is 0.337 e. The molecule has 1 aliphatic rings. The quantitative estimate of drug-likeness (QED) is 0.142. The summed E-state index contributed by atoms with van der Waals surface area (Å²) in [5, 5.41) is 0. The molecule has 0 saturated heterocycles. The van der Waals surface area contributed by atoms with Crippen molar-refractivity contribution in [3.8, 4) is 0 Å². The standard InChI is InChI=1S/C29H32O7/c1-5-8-9-14-23-24(25(30)19-15-17-20(18-16-19)26(31)34-4)21-12-10-11-13-22(21)29(23,27(32)35-6-2)28(33)36-7-3/h10-13,15-18H,5-9,14H2,1-4H3. The van der Waals surface area contributed by atoms with Crippen LogP contribution in [0.4, 0.5) is 0 Å². The molecule has 0 atom stereocenters. The minimum absolute atomic E-state index is 0.0721. The molecule has 36 heavy (non-hydrogen) atoms. The summed E-state index contributed by atoms with van der Waals surface area (Å²) in [7, 11) is 1.29. The van der Waals surface area contributed by atoms with Crippen molar-refractivity contribution in [2.24, 2.45) is 0 Å². The van der Waals surface area contributed by atoms with Gasteiger partial charge in [0, 0.05) is 11.1 Å². The van der Waals surface area contributed by atoms with E-state index in [-0.39, 0.29) is 19.0 Å². The number of carbonyl (C=O) groups is 4. The maximum atomic E-state index is 14.0. The van der Waals surface area contributed by atoms with Crippen molar-refractivity contribution in [3.63, 3.8) is 0 Å². The van der Waals surface area contributed by atoms with Crippen LogP contribution in [0.2, 0.25) is 0 Å². The van der Waals surface area contributed by atoms with E-state index in [2.05, 4.69) is 6.92 Å². The van der Waals surface area contributed by atoms with Gasteiger partial charge in [-0.3, -0.25) is 14.4 Å². The molecule has 2 aromatic rings. The monoisotopic (exact) mass is 492 g/mol. The Bertz CT molecular complexity index is 1160. The van der Waals surface area contributed by atoms with Gasteiger partial charge in [0.25, 0.3) is 0 Å². The second kappa shape index (κ2) is 11.8. The van der Waals surface area contributed by atoms with Crippen LogP contribution in [0.5, 0.6) is 0 Å². The summed E-state index contributed by atoms with van der Waals surface area (Å²) in [6.45, 7) is 5.54. The summed E-state index contributed by atoms with van der Waals surface area (Å²) in [5.41, 5.74) is 0.377. The number of fused-ring (bicyclic) bond motifs is 1. The highest BCUT2D eigenvalue weighted by molar-refractivity contribution is 6.34. The highest BCUT2D eigenvalue weighted by Crippen LogP contribution is 2.51. The van der Waals surface area contributed by atoms with E-state index in [1.54, 1.807) is 50.2 Å². The van der Waals surface area contributed by atoms with E-state index in [9.17, 15) is 19.2 Å². The predicted octanol–water partition coefficient (Wildman–Crippen LogP) is 5.07. The van der Waals surface area contributed by atoms with Crippen LogP contribution in [0.3, 0.4) is 0 Å². The highest BCUT2D eigenvalue weighted by atomic mass is 16.6. The number of carbonyl (C=O) groups excluding carboxylic acids is 4. The van der Waals surface area contributed by atoms with E-state index >= 15 is 0 Å². The molecule has 1 aliphatic carbocycles. The molecule has 190 valence electrons. The third kappa shape index (κ3) is 4.70. The number of ether oxygens (including phenoxy) is 3. The number of benzene rings is 2. The Kier molecular flexibility index (Phi) is 8.80. The smallest absolute Gasteiger partial charge is 0.337 e. The minimum atomic E-state index is -1.85. The molecule has 7 nitrogen and oxygen atoms in total. The summed E-state index contributed by atoms with van der Waals surface area (Å²) in [6.07, 6.45) is 2.81. The maximum absolute atomic E-state index is 14.0. The van der Waals surface area contributed by atoms with Gasteiger partial charge in [0.05, 0.1) is 25.9 Å². The number of unbranched alkanes of at least 4 members (excludes halogenated alkanes) is 2. The molecule has 0 radical (unpaired) electrons. The van der Waals surface area contributed by atoms with Gasteiger partial charge in [-0.2, -0.15) is 0 Å². The van der Waals surface area contributed by atoms with Crippen LogP contribution < -0.4 is 0 Å². The van der Waals surface area contributed by atoms with E-state index in [0.717, 1.165) is 12.8 Å². The predicted molar refractivity (Wildman–Crippen MR) is 135 cm³/mol. The molecular formula is C29H32O7. The van der Waals surface area contributed by atoms with Gasteiger partial charge in [-0.15, -0.1) is 0 Å². The first-order chi connectivity index (χ1) is 17.4. The van der Waals surface area contributed by atoms with Crippen LogP contribution in [-0.4, -0.2) is 44.0 Å². The second-order valence-electron chi connectivity index (χ2n) is 8.45. The molecule has 0 heterocycles. The van der Waals surface area contributed by atoms with E-state index < -0.39 is 23.3 Å². The van der Waals surface area contributed by atoms with Crippen LogP contribution >= 0.6 is 0 Å². The fourth-order valence-electron chi connectivity index (χ4n) is 4.71. The van der Waals surface area contributed by atoms with Crippen molar-refractivity contribution in [1.29, 1.82) is 0 Å². The van der Waals surface area contributed by atoms with Gasteiger partial charge in [-0.25, -0.2) is 4.79 Å². The normalized spacial score (nSPS) is 13.7. The lowest BCUT2D eigenvalue weighted by molar-refractivity contribution is -0.162. The zero-order valence-corrected chi connectivity index (χ0v) is 21.2. The number of hydrogen-bond acceptors (Lipinski definition) is 7. The van der Waals surface area contributed by atoms with Crippen LogP contribution in [0.15, 0.2) is 54.1 Å². The lowest BCUT2D eigenvalue weighted by atomic mass is 9.75. The summed E-state index contributed by atoms with van der Waals surface area (Å²) in [5.74, 6) is -2.35. The van der Waals surface area contributed by atoms with Crippen molar-refractivity contribution in [2.45, 2.75) is 51.9 Å². The number of Topliss-reactive ketones (excluding diaryl/α,β-unsaturated/α-hetero) is 1. The van der Waals surface area contributed by atoms with Crippen LogP contribution in [0.25, 0.3) is 5.57 Å². The van der Waals surface area contributed by atoms with Crippen LogP contribution in [0, 0.1) is 0 Å². The van der Waals surface area contributed by atoms with Crippen molar-refractivity contribution >= 4 is 29.3 Å². The molecule has 7 heteroatoms. The Morgan fingerprint density at radius 1 is 0.778 bits per heavy atom. The van der Waals surface area contributed by atoms with Crippen molar-refractivity contribution < 1.29 is 33.4 Å². The fraction of sp³-hybridized carbons (Fsp3) is 0.379. The molecule has 0 fully saturated rings. The fourth-order valence-corrected chi connectivity index (χ4v) is 4.71. The Morgan fingerprint density at radius 3 is 1.92 bits per heavy atom. The summed E-state index contributed by atoms with van der Waals surface area (Å²) < 4.78 is 15.6. The lowest BCUT2D eigenvalue weighted by Gasteiger charge is -2.29. The lowest BCUT2D eigenvalue weighted by Crippen LogP contribution is -2.46.